The van der Waals surface area contributed by atoms with E-state index in [4.69, 9.17) is 4.74 Å². The average Bonchev–Trinajstić information content (AvgIpc) is 3.18. The van der Waals surface area contributed by atoms with Crippen molar-refractivity contribution >= 4 is 5.91 Å². The summed E-state index contributed by atoms with van der Waals surface area (Å²) in [5, 5.41) is 14.9. The van der Waals surface area contributed by atoms with Crippen LogP contribution in [-0.2, 0) is 17.9 Å². The number of aromatic nitrogens is 4. The number of para-hydroxylation sites is 1. The molecule has 0 saturated heterocycles. The first-order chi connectivity index (χ1) is 10.8. The van der Waals surface area contributed by atoms with Gasteiger partial charge in [0.1, 0.15) is 12.3 Å². The maximum Gasteiger partial charge on any atom is 0.243 e. The van der Waals surface area contributed by atoms with Gasteiger partial charge < -0.3 is 10.1 Å². The number of carbonyl (C=O) groups is 1. The lowest BCUT2D eigenvalue weighted by atomic mass is 10.2. The van der Waals surface area contributed by atoms with E-state index >= 15 is 0 Å². The SMILES string of the molecule is O=C(Cn1nnc(COc2ccccc2)n1)NC1CCCC1. The van der Waals surface area contributed by atoms with E-state index in [-0.39, 0.29) is 19.1 Å². The van der Waals surface area contributed by atoms with Gasteiger partial charge >= 0.3 is 0 Å². The van der Waals surface area contributed by atoms with Gasteiger partial charge in [0.15, 0.2) is 6.61 Å². The van der Waals surface area contributed by atoms with Crippen molar-refractivity contribution in [3.63, 3.8) is 0 Å². The number of hydrogen-bond donors (Lipinski definition) is 1. The standard InChI is InChI=1S/C15H19N5O2/c21-15(16-12-6-4-5-7-12)10-20-18-14(17-19-20)11-22-13-8-2-1-3-9-13/h1-3,8-9,12H,4-7,10-11H2,(H,16,21). The average molecular weight is 301 g/mol. The van der Waals surface area contributed by atoms with Gasteiger partial charge in [-0.2, -0.15) is 4.80 Å². The summed E-state index contributed by atoms with van der Waals surface area (Å²) in [6.07, 6.45) is 4.50. The van der Waals surface area contributed by atoms with E-state index in [0.717, 1.165) is 18.6 Å². The second-order valence-electron chi connectivity index (χ2n) is 5.39. The summed E-state index contributed by atoms with van der Waals surface area (Å²) < 4.78 is 5.54. The van der Waals surface area contributed by atoms with E-state index < -0.39 is 0 Å². The zero-order valence-corrected chi connectivity index (χ0v) is 12.3. The minimum absolute atomic E-state index is 0.0696. The predicted octanol–water partition coefficient (Wildman–Crippen LogP) is 1.31. The Morgan fingerprint density at radius 1 is 1.27 bits per heavy atom. The number of hydrogen-bond acceptors (Lipinski definition) is 5. The first-order valence-electron chi connectivity index (χ1n) is 7.53. The van der Waals surface area contributed by atoms with Gasteiger partial charge in [-0.15, -0.1) is 10.2 Å². The minimum Gasteiger partial charge on any atom is -0.485 e. The van der Waals surface area contributed by atoms with Crippen molar-refractivity contribution in [3.8, 4) is 5.75 Å². The Morgan fingerprint density at radius 2 is 2.05 bits per heavy atom. The molecule has 7 nitrogen and oxygen atoms in total. The molecule has 1 N–H and O–H groups in total. The number of ether oxygens (including phenoxy) is 1. The van der Waals surface area contributed by atoms with Crippen LogP contribution < -0.4 is 10.1 Å². The third-order valence-corrected chi connectivity index (χ3v) is 3.61. The topological polar surface area (TPSA) is 81.9 Å². The van der Waals surface area contributed by atoms with Crippen LogP contribution in [0.25, 0.3) is 0 Å². The van der Waals surface area contributed by atoms with Gasteiger partial charge in [0.25, 0.3) is 0 Å². The van der Waals surface area contributed by atoms with Crippen LogP contribution in [0.15, 0.2) is 30.3 Å². The van der Waals surface area contributed by atoms with Gasteiger partial charge in [-0.3, -0.25) is 4.79 Å². The van der Waals surface area contributed by atoms with Crippen LogP contribution in [0.3, 0.4) is 0 Å². The number of amides is 1. The molecule has 2 aromatic rings. The van der Waals surface area contributed by atoms with Crippen LogP contribution in [0, 0.1) is 0 Å². The van der Waals surface area contributed by atoms with Gasteiger partial charge in [-0.25, -0.2) is 0 Å². The van der Waals surface area contributed by atoms with E-state index in [0.29, 0.717) is 11.9 Å². The van der Waals surface area contributed by atoms with E-state index in [2.05, 4.69) is 20.7 Å². The molecule has 1 amide bonds. The van der Waals surface area contributed by atoms with Gasteiger partial charge in [0.05, 0.1) is 0 Å². The molecule has 1 heterocycles. The zero-order valence-electron chi connectivity index (χ0n) is 12.3. The summed E-state index contributed by atoms with van der Waals surface area (Å²) in [5.74, 6) is 1.13. The molecule has 1 aromatic carbocycles. The maximum absolute atomic E-state index is 11.9. The highest BCUT2D eigenvalue weighted by atomic mass is 16.5. The largest absolute Gasteiger partial charge is 0.485 e. The van der Waals surface area contributed by atoms with Crippen LogP contribution in [-0.4, -0.2) is 32.2 Å². The molecule has 0 radical (unpaired) electrons. The molecule has 3 rings (SSSR count). The highest BCUT2D eigenvalue weighted by Crippen LogP contribution is 2.17. The molecule has 0 spiro atoms. The lowest BCUT2D eigenvalue weighted by Crippen LogP contribution is -2.35. The lowest BCUT2D eigenvalue weighted by Gasteiger charge is -2.10. The molecule has 7 heteroatoms. The predicted molar refractivity (Wildman–Crippen MR) is 79.0 cm³/mol. The van der Waals surface area contributed by atoms with Crippen LogP contribution in [0.5, 0.6) is 5.75 Å². The summed E-state index contributed by atoms with van der Waals surface area (Å²) >= 11 is 0. The Labute approximate surface area is 128 Å². The molecule has 1 saturated carbocycles. The molecule has 1 aliphatic rings. The molecule has 0 aliphatic heterocycles. The second-order valence-corrected chi connectivity index (χ2v) is 5.39. The molecular formula is C15H19N5O2. The molecule has 0 atom stereocenters. The molecule has 0 bridgehead atoms. The third-order valence-electron chi connectivity index (χ3n) is 3.61. The summed E-state index contributed by atoms with van der Waals surface area (Å²) in [6, 6.07) is 9.74. The Balaban J connectivity index is 1.47. The Morgan fingerprint density at radius 3 is 2.82 bits per heavy atom. The first-order valence-corrected chi connectivity index (χ1v) is 7.53. The Hall–Kier alpha value is -2.44. The van der Waals surface area contributed by atoms with Crippen molar-refractivity contribution in [2.24, 2.45) is 0 Å². The maximum atomic E-state index is 11.9. The fourth-order valence-corrected chi connectivity index (χ4v) is 2.54. The first kappa shape index (κ1) is 14.5. The molecule has 1 fully saturated rings. The van der Waals surface area contributed by atoms with E-state index in [1.165, 1.54) is 17.6 Å². The Kier molecular flexibility index (Phi) is 4.62. The highest BCUT2D eigenvalue weighted by molar-refractivity contribution is 5.75. The van der Waals surface area contributed by atoms with Crippen molar-refractivity contribution in [2.75, 3.05) is 0 Å². The normalized spacial score (nSPS) is 14.9. The second kappa shape index (κ2) is 7.02. The molecule has 116 valence electrons. The molecular weight excluding hydrogens is 282 g/mol. The molecule has 1 aliphatic carbocycles. The summed E-state index contributed by atoms with van der Waals surface area (Å²) in [5.41, 5.74) is 0. The number of benzene rings is 1. The van der Waals surface area contributed by atoms with Crippen molar-refractivity contribution < 1.29 is 9.53 Å². The number of carbonyl (C=O) groups excluding carboxylic acids is 1. The van der Waals surface area contributed by atoms with Gasteiger partial charge in [-0.05, 0) is 30.2 Å². The van der Waals surface area contributed by atoms with Crippen molar-refractivity contribution in [1.82, 2.24) is 25.5 Å². The molecule has 22 heavy (non-hydrogen) atoms. The van der Waals surface area contributed by atoms with Crippen molar-refractivity contribution in [1.29, 1.82) is 0 Å². The van der Waals surface area contributed by atoms with Crippen LogP contribution in [0.4, 0.5) is 0 Å². The van der Waals surface area contributed by atoms with E-state index in [1.807, 2.05) is 30.3 Å². The zero-order chi connectivity index (χ0) is 15.2. The number of nitrogens with zero attached hydrogens (tertiary/aromatic N) is 4. The van der Waals surface area contributed by atoms with Gasteiger partial charge in [0, 0.05) is 6.04 Å². The molecule has 1 aromatic heterocycles. The minimum atomic E-state index is -0.0696. The van der Waals surface area contributed by atoms with Gasteiger partial charge in [-0.1, -0.05) is 31.0 Å². The summed E-state index contributed by atoms with van der Waals surface area (Å²) in [6.45, 7) is 0.323. The number of tetrazole rings is 1. The monoisotopic (exact) mass is 301 g/mol. The fraction of sp³-hybridized carbons (Fsp3) is 0.467. The van der Waals surface area contributed by atoms with Gasteiger partial charge in [0.2, 0.25) is 11.7 Å². The molecule has 0 unspecified atom stereocenters. The smallest absolute Gasteiger partial charge is 0.243 e. The highest BCUT2D eigenvalue weighted by Gasteiger charge is 2.17. The fourth-order valence-electron chi connectivity index (χ4n) is 2.54. The van der Waals surface area contributed by atoms with Crippen molar-refractivity contribution in [2.45, 2.75) is 44.9 Å². The van der Waals surface area contributed by atoms with Crippen LogP contribution >= 0.6 is 0 Å². The van der Waals surface area contributed by atoms with E-state index in [9.17, 15) is 4.79 Å². The van der Waals surface area contributed by atoms with Crippen LogP contribution in [0.2, 0.25) is 0 Å². The quantitative estimate of drug-likeness (QED) is 0.870. The van der Waals surface area contributed by atoms with E-state index in [1.54, 1.807) is 0 Å². The number of nitrogens with one attached hydrogen (secondary N) is 1. The summed E-state index contributed by atoms with van der Waals surface area (Å²) in [4.78, 5) is 13.2. The van der Waals surface area contributed by atoms with Crippen LogP contribution in [0.1, 0.15) is 31.5 Å². The Bertz CT molecular complexity index is 607. The third kappa shape index (κ3) is 4.03. The lowest BCUT2D eigenvalue weighted by molar-refractivity contribution is -0.122. The summed E-state index contributed by atoms with van der Waals surface area (Å²) in [7, 11) is 0. The van der Waals surface area contributed by atoms with Crippen molar-refractivity contribution in [3.05, 3.63) is 36.2 Å². The number of rotatable bonds is 6.